The molecular formula is C21H30N4O4. The number of nitrogens with one attached hydrogen (secondary N) is 1. The first-order valence-electron chi connectivity index (χ1n) is 10.4. The molecule has 0 spiro atoms. The summed E-state index contributed by atoms with van der Waals surface area (Å²) in [5.74, 6) is 2.01. The van der Waals surface area contributed by atoms with E-state index in [9.17, 15) is 9.59 Å². The molecule has 0 saturated carbocycles. The summed E-state index contributed by atoms with van der Waals surface area (Å²) in [5, 5.41) is 7.22. The summed E-state index contributed by atoms with van der Waals surface area (Å²) in [4.78, 5) is 24.7. The first-order chi connectivity index (χ1) is 14.1. The van der Waals surface area contributed by atoms with E-state index in [-0.39, 0.29) is 18.1 Å². The molecule has 0 unspecified atom stereocenters. The van der Waals surface area contributed by atoms with Crippen LogP contribution in [0.3, 0.4) is 0 Å². The molecule has 0 bridgehead atoms. The predicted molar refractivity (Wildman–Crippen MR) is 110 cm³/mol. The summed E-state index contributed by atoms with van der Waals surface area (Å²) in [6, 6.07) is 5.80. The zero-order valence-electron chi connectivity index (χ0n) is 17.3. The zero-order chi connectivity index (χ0) is 20.6. The van der Waals surface area contributed by atoms with E-state index in [0.717, 1.165) is 42.8 Å². The Kier molecular flexibility index (Phi) is 7.32. The Morgan fingerprint density at radius 1 is 1.14 bits per heavy atom. The molecule has 0 radical (unpaired) electrons. The second-order valence-electron chi connectivity index (χ2n) is 7.07. The first-order valence-corrected chi connectivity index (χ1v) is 10.4. The van der Waals surface area contributed by atoms with Crippen molar-refractivity contribution in [1.82, 2.24) is 19.7 Å². The van der Waals surface area contributed by atoms with Crippen molar-refractivity contribution in [2.45, 2.75) is 59.0 Å². The lowest BCUT2D eigenvalue weighted by Crippen LogP contribution is -2.34. The van der Waals surface area contributed by atoms with Gasteiger partial charge in [0.25, 0.3) is 0 Å². The summed E-state index contributed by atoms with van der Waals surface area (Å²) in [7, 11) is 0. The maximum Gasteiger partial charge on any atom is 0.346 e. The number of nitrogens with zero attached hydrogens (tertiary/aromatic N) is 3. The minimum atomic E-state index is -0.212. The Labute approximate surface area is 170 Å². The highest BCUT2D eigenvalue weighted by Crippen LogP contribution is 2.28. The Hall–Kier alpha value is -2.77. The molecule has 0 atom stereocenters. The Morgan fingerprint density at radius 2 is 1.93 bits per heavy atom. The molecule has 1 aromatic heterocycles. The fourth-order valence-electron chi connectivity index (χ4n) is 3.52. The van der Waals surface area contributed by atoms with Crippen LogP contribution in [-0.4, -0.2) is 40.0 Å². The maximum absolute atomic E-state index is 12.4. The van der Waals surface area contributed by atoms with Crippen molar-refractivity contribution in [3.05, 3.63) is 40.1 Å². The lowest BCUT2D eigenvalue weighted by Gasteiger charge is -2.12. The van der Waals surface area contributed by atoms with E-state index in [1.165, 1.54) is 4.68 Å². The van der Waals surface area contributed by atoms with Gasteiger partial charge >= 0.3 is 5.69 Å². The second kappa shape index (κ2) is 10.1. The first kappa shape index (κ1) is 21.0. The molecule has 8 heteroatoms. The molecule has 1 aliphatic heterocycles. The minimum Gasteiger partial charge on any atom is -0.490 e. The molecule has 2 heterocycles. The average molecular weight is 402 g/mol. The number of carbonyl (C=O) groups is 1. The van der Waals surface area contributed by atoms with Crippen molar-refractivity contribution in [2.24, 2.45) is 0 Å². The van der Waals surface area contributed by atoms with E-state index < -0.39 is 0 Å². The molecule has 0 fully saturated rings. The smallest absolute Gasteiger partial charge is 0.346 e. The van der Waals surface area contributed by atoms with Crippen LogP contribution >= 0.6 is 0 Å². The van der Waals surface area contributed by atoms with Gasteiger partial charge < -0.3 is 14.8 Å². The SMILES string of the molecule is CCOc1ccc(CCNC(=O)Cn2nc3n(c2=O)CCCCC3)cc1OCC. The topological polar surface area (TPSA) is 87.4 Å². The van der Waals surface area contributed by atoms with Gasteiger partial charge in [0, 0.05) is 19.5 Å². The molecule has 8 nitrogen and oxygen atoms in total. The highest BCUT2D eigenvalue weighted by atomic mass is 16.5. The number of amides is 1. The number of benzene rings is 1. The quantitative estimate of drug-likeness (QED) is 0.693. The molecule has 2 aromatic rings. The molecular weight excluding hydrogens is 372 g/mol. The fourth-order valence-corrected chi connectivity index (χ4v) is 3.52. The normalized spacial score (nSPS) is 13.4. The summed E-state index contributed by atoms with van der Waals surface area (Å²) >= 11 is 0. The fraction of sp³-hybridized carbons (Fsp3) is 0.571. The van der Waals surface area contributed by atoms with Crippen molar-refractivity contribution in [2.75, 3.05) is 19.8 Å². The number of hydrogen-bond donors (Lipinski definition) is 1. The van der Waals surface area contributed by atoms with Gasteiger partial charge in [0.2, 0.25) is 5.91 Å². The largest absolute Gasteiger partial charge is 0.490 e. The van der Waals surface area contributed by atoms with Gasteiger partial charge in [-0.05, 0) is 50.8 Å². The van der Waals surface area contributed by atoms with Gasteiger partial charge in [-0.15, -0.1) is 0 Å². The number of hydrogen-bond acceptors (Lipinski definition) is 5. The Bertz CT molecular complexity index is 887. The second-order valence-corrected chi connectivity index (χ2v) is 7.07. The third-order valence-electron chi connectivity index (χ3n) is 4.92. The molecule has 1 aromatic carbocycles. The number of carbonyl (C=O) groups excluding carboxylic acids is 1. The Balaban J connectivity index is 1.54. The summed E-state index contributed by atoms with van der Waals surface area (Å²) in [6.45, 7) is 6.11. The van der Waals surface area contributed by atoms with Crippen LogP contribution in [0.15, 0.2) is 23.0 Å². The van der Waals surface area contributed by atoms with Gasteiger partial charge in [0.05, 0.1) is 13.2 Å². The van der Waals surface area contributed by atoms with E-state index in [4.69, 9.17) is 9.47 Å². The van der Waals surface area contributed by atoms with Crippen LogP contribution in [0.4, 0.5) is 0 Å². The average Bonchev–Trinajstić information content (AvgIpc) is 2.86. The van der Waals surface area contributed by atoms with E-state index in [1.807, 2.05) is 32.0 Å². The zero-order valence-corrected chi connectivity index (χ0v) is 17.3. The number of fused-ring (bicyclic) bond motifs is 1. The molecule has 29 heavy (non-hydrogen) atoms. The minimum absolute atomic E-state index is 0.0493. The molecule has 1 aliphatic rings. The van der Waals surface area contributed by atoms with E-state index in [2.05, 4.69) is 10.4 Å². The van der Waals surface area contributed by atoms with Crippen LogP contribution in [0.5, 0.6) is 11.5 Å². The molecule has 0 aliphatic carbocycles. The van der Waals surface area contributed by atoms with Crippen molar-refractivity contribution in [3.63, 3.8) is 0 Å². The van der Waals surface area contributed by atoms with Crippen LogP contribution in [0.25, 0.3) is 0 Å². The predicted octanol–water partition coefficient (Wildman–Crippen LogP) is 1.93. The summed E-state index contributed by atoms with van der Waals surface area (Å²) in [6.07, 6.45) is 4.58. The maximum atomic E-state index is 12.4. The van der Waals surface area contributed by atoms with Crippen LogP contribution in [0.1, 0.15) is 44.5 Å². The van der Waals surface area contributed by atoms with Crippen LogP contribution in [0, 0.1) is 0 Å². The van der Waals surface area contributed by atoms with E-state index in [0.29, 0.717) is 38.5 Å². The van der Waals surface area contributed by atoms with Crippen LogP contribution < -0.4 is 20.5 Å². The Morgan fingerprint density at radius 3 is 2.72 bits per heavy atom. The van der Waals surface area contributed by atoms with Crippen LogP contribution in [0.2, 0.25) is 0 Å². The highest BCUT2D eigenvalue weighted by Gasteiger charge is 2.17. The van der Waals surface area contributed by atoms with E-state index in [1.54, 1.807) is 4.57 Å². The van der Waals surface area contributed by atoms with Gasteiger partial charge in [-0.3, -0.25) is 9.36 Å². The van der Waals surface area contributed by atoms with Crippen molar-refractivity contribution in [3.8, 4) is 11.5 Å². The summed E-state index contributed by atoms with van der Waals surface area (Å²) < 4.78 is 14.2. The van der Waals surface area contributed by atoms with Gasteiger partial charge in [0.15, 0.2) is 11.5 Å². The third kappa shape index (κ3) is 5.40. The lowest BCUT2D eigenvalue weighted by molar-refractivity contribution is -0.121. The molecule has 158 valence electrons. The van der Waals surface area contributed by atoms with Crippen molar-refractivity contribution < 1.29 is 14.3 Å². The van der Waals surface area contributed by atoms with Gasteiger partial charge in [-0.25, -0.2) is 9.48 Å². The molecule has 1 amide bonds. The van der Waals surface area contributed by atoms with Crippen molar-refractivity contribution >= 4 is 5.91 Å². The van der Waals surface area contributed by atoms with Gasteiger partial charge in [0.1, 0.15) is 12.4 Å². The monoisotopic (exact) mass is 402 g/mol. The molecule has 3 rings (SSSR count). The van der Waals surface area contributed by atoms with Gasteiger partial charge in [-0.1, -0.05) is 12.5 Å². The lowest BCUT2D eigenvalue weighted by atomic mass is 10.1. The standard InChI is InChI=1S/C21H30N4O4/c1-3-28-17-10-9-16(14-18(17)29-4-2)11-12-22-20(26)15-25-21(27)24-13-7-5-6-8-19(24)23-25/h9-10,14H,3-8,11-13,15H2,1-2H3,(H,22,26). The highest BCUT2D eigenvalue weighted by molar-refractivity contribution is 5.75. The number of aryl methyl sites for hydroxylation is 1. The van der Waals surface area contributed by atoms with Crippen molar-refractivity contribution in [1.29, 1.82) is 0 Å². The number of aromatic nitrogens is 3. The van der Waals surface area contributed by atoms with E-state index >= 15 is 0 Å². The summed E-state index contributed by atoms with van der Waals surface area (Å²) in [5.41, 5.74) is 0.855. The van der Waals surface area contributed by atoms with Crippen LogP contribution in [-0.2, 0) is 30.7 Å². The molecule has 1 N–H and O–H groups in total. The third-order valence-corrected chi connectivity index (χ3v) is 4.92. The number of rotatable bonds is 9. The number of ether oxygens (including phenoxy) is 2. The molecule has 0 saturated heterocycles. The van der Waals surface area contributed by atoms with Gasteiger partial charge in [-0.2, -0.15) is 5.10 Å².